The van der Waals surface area contributed by atoms with E-state index in [1.165, 1.54) is 31.5 Å². The van der Waals surface area contributed by atoms with Gasteiger partial charge in [-0.3, -0.25) is 19.3 Å². The van der Waals surface area contributed by atoms with Crippen LogP contribution in [0.2, 0.25) is 0 Å². The Morgan fingerprint density at radius 2 is 1.85 bits per heavy atom. The minimum absolute atomic E-state index is 0.0427. The fourth-order valence-electron chi connectivity index (χ4n) is 7.04. The molecule has 0 bridgehead atoms. The van der Waals surface area contributed by atoms with Crippen molar-refractivity contribution in [2.45, 2.75) is 69.2 Å². The normalized spacial score (nSPS) is 29.4. The van der Waals surface area contributed by atoms with E-state index in [1.807, 2.05) is 0 Å². The van der Waals surface area contributed by atoms with E-state index in [9.17, 15) is 34.8 Å². The van der Waals surface area contributed by atoms with Crippen LogP contribution < -0.4 is 11.1 Å². The number of primary amides is 1. The van der Waals surface area contributed by atoms with Crippen molar-refractivity contribution in [2.24, 2.45) is 17.6 Å². The number of nitrogens with zero attached hydrogens (tertiary/aromatic N) is 1. The van der Waals surface area contributed by atoms with Crippen LogP contribution in [0.25, 0.3) is 5.76 Å². The van der Waals surface area contributed by atoms with Crippen molar-refractivity contribution in [3.63, 3.8) is 0 Å². The molecule has 0 spiro atoms. The molecular formula is C28H34FN3O7. The van der Waals surface area contributed by atoms with Crippen LogP contribution in [0.15, 0.2) is 23.0 Å². The number of ketones is 2. The number of nitrogens with one attached hydrogen (secondary N) is 1. The highest BCUT2D eigenvalue weighted by Gasteiger charge is 2.64. The largest absolute Gasteiger partial charge is 0.508 e. The van der Waals surface area contributed by atoms with Crippen LogP contribution in [0.3, 0.4) is 0 Å². The molecule has 2 fully saturated rings. The minimum Gasteiger partial charge on any atom is -0.508 e. The Balaban J connectivity index is 1.59. The Labute approximate surface area is 225 Å². The number of phenols is 1. The first kappa shape index (κ1) is 27.3. The van der Waals surface area contributed by atoms with Gasteiger partial charge < -0.3 is 31.5 Å². The summed E-state index contributed by atoms with van der Waals surface area (Å²) < 4.78 is 15.8. The van der Waals surface area contributed by atoms with Gasteiger partial charge in [0.1, 0.15) is 28.7 Å². The zero-order valence-corrected chi connectivity index (χ0v) is 22.0. The van der Waals surface area contributed by atoms with E-state index in [-0.39, 0.29) is 47.7 Å². The average molecular weight is 544 g/mol. The van der Waals surface area contributed by atoms with E-state index < -0.39 is 69.6 Å². The van der Waals surface area contributed by atoms with Crippen molar-refractivity contribution in [2.75, 3.05) is 14.1 Å². The van der Waals surface area contributed by atoms with Gasteiger partial charge in [0.2, 0.25) is 5.78 Å². The van der Waals surface area contributed by atoms with Gasteiger partial charge in [-0.05, 0) is 51.8 Å². The van der Waals surface area contributed by atoms with Crippen LogP contribution >= 0.6 is 0 Å². The molecule has 210 valence electrons. The van der Waals surface area contributed by atoms with Gasteiger partial charge in [-0.2, -0.15) is 0 Å². The number of rotatable bonds is 5. The molecule has 0 saturated heterocycles. The third kappa shape index (κ3) is 4.06. The Morgan fingerprint density at radius 3 is 2.46 bits per heavy atom. The van der Waals surface area contributed by atoms with E-state index in [1.54, 1.807) is 0 Å². The highest BCUT2D eigenvalue weighted by molar-refractivity contribution is 6.24. The molecule has 4 aliphatic carbocycles. The highest BCUT2D eigenvalue weighted by Crippen LogP contribution is 2.53. The molecule has 2 saturated carbocycles. The molecule has 1 aromatic rings. The van der Waals surface area contributed by atoms with Crippen LogP contribution in [0, 0.1) is 17.7 Å². The van der Waals surface area contributed by atoms with E-state index >= 15 is 4.39 Å². The number of aliphatic hydroxyl groups excluding tert-OH is 2. The Bertz CT molecular complexity index is 1330. The van der Waals surface area contributed by atoms with Gasteiger partial charge in [0.15, 0.2) is 11.4 Å². The first-order valence-electron chi connectivity index (χ1n) is 13.3. The van der Waals surface area contributed by atoms with Crippen molar-refractivity contribution in [1.82, 2.24) is 10.2 Å². The van der Waals surface area contributed by atoms with E-state index in [0.717, 1.165) is 25.7 Å². The second-order valence-electron chi connectivity index (χ2n) is 11.4. The van der Waals surface area contributed by atoms with Crippen LogP contribution in [-0.2, 0) is 27.3 Å². The van der Waals surface area contributed by atoms with E-state index in [2.05, 4.69) is 5.32 Å². The van der Waals surface area contributed by atoms with Crippen LogP contribution in [0.1, 0.15) is 55.2 Å². The third-order valence-corrected chi connectivity index (χ3v) is 8.92. The summed E-state index contributed by atoms with van der Waals surface area (Å²) in [4.78, 5) is 40.4. The van der Waals surface area contributed by atoms with E-state index in [4.69, 9.17) is 5.73 Å². The lowest BCUT2D eigenvalue weighted by Crippen LogP contribution is -2.65. The maximum atomic E-state index is 15.8. The van der Waals surface area contributed by atoms with Crippen LogP contribution in [-0.4, -0.2) is 74.6 Å². The maximum Gasteiger partial charge on any atom is 0.255 e. The number of aliphatic hydroxyl groups is 3. The number of carbonyl (C=O) groups is 3. The van der Waals surface area contributed by atoms with Crippen LogP contribution in [0.4, 0.5) is 4.39 Å². The predicted octanol–water partition coefficient (Wildman–Crippen LogP) is 1.53. The lowest BCUT2D eigenvalue weighted by Gasteiger charge is -2.50. The first-order valence-corrected chi connectivity index (χ1v) is 13.3. The van der Waals surface area contributed by atoms with Crippen molar-refractivity contribution >= 4 is 23.2 Å². The number of likely N-dealkylation sites (N-methyl/N-ethyl adjacent to an activating group) is 1. The summed E-state index contributed by atoms with van der Waals surface area (Å²) >= 11 is 0. The molecule has 0 heterocycles. The average Bonchev–Trinajstić information content (AvgIpc) is 2.87. The summed E-state index contributed by atoms with van der Waals surface area (Å²) in [5.74, 6) is -8.15. The Kier molecular flexibility index (Phi) is 6.80. The number of fused-ring (bicyclic) bond motifs is 3. The third-order valence-electron chi connectivity index (χ3n) is 8.92. The molecule has 11 heteroatoms. The summed E-state index contributed by atoms with van der Waals surface area (Å²) in [6.07, 6.45) is 5.19. The lowest BCUT2D eigenvalue weighted by atomic mass is 9.57. The molecular weight excluding hydrogens is 509 g/mol. The van der Waals surface area contributed by atoms with Gasteiger partial charge in [-0.15, -0.1) is 0 Å². The molecule has 0 radical (unpaired) electrons. The topological polar surface area (TPSA) is 173 Å². The molecule has 0 aliphatic heterocycles. The van der Waals surface area contributed by atoms with Gasteiger partial charge in [-0.1, -0.05) is 19.3 Å². The van der Waals surface area contributed by atoms with Gasteiger partial charge in [0, 0.05) is 35.2 Å². The number of Topliss-reactive ketones (excluding diaryl/α,β-unsaturated/α-hetero) is 2. The standard InChI is InChI=1S/C28H34FN3O7/c1-32(2)22-16-9-12-8-15-19(17(33)10-13(21(15)29)11-31-14-6-4-3-5-7-14)23(34)18(12)25(36)28(16,39)26(37)20(24(22)35)27(30)38/h10,12,14,16,22,31,33-34,37,39H,3-9,11H2,1-2H3,(H2,30,38)/t12-,16-,22-,28-/m0/s1. The fourth-order valence-corrected chi connectivity index (χ4v) is 7.04. The Morgan fingerprint density at radius 1 is 1.18 bits per heavy atom. The van der Waals surface area contributed by atoms with Crippen molar-refractivity contribution in [3.8, 4) is 5.75 Å². The number of carbonyl (C=O) groups excluding carboxylic acids is 3. The second kappa shape index (κ2) is 9.72. The molecule has 5 rings (SSSR count). The van der Waals surface area contributed by atoms with E-state index in [0.29, 0.717) is 0 Å². The molecule has 1 amide bonds. The summed E-state index contributed by atoms with van der Waals surface area (Å²) in [5, 5.41) is 47.8. The second-order valence-corrected chi connectivity index (χ2v) is 11.4. The van der Waals surface area contributed by atoms with Gasteiger partial charge in [-0.25, -0.2) is 4.39 Å². The smallest absolute Gasteiger partial charge is 0.255 e. The molecule has 39 heavy (non-hydrogen) atoms. The summed E-state index contributed by atoms with van der Waals surface area (Å²) in [5.41, 5.74) is 1.46. The number of phenolic OH excluding ortho intramolecular Hbond substituents is 1. The van der Waals surface area contributed by atoms with Gasteiger partial charge >= 0.3 is 0 Å². The fraction of sp³-hybridized carbons (Fsp3) is 0.536. The molecule has 4 aliphatic rings. The van der Waals surface area contributed by atoms with Crippen molar-refractivity contribution < 1.29 is 39.2 Å². The number of benzene rings is 1. The Hall–Kier alpha value is -3.28. The number of aromatic hydroxyl groups is 1. The number of amides is 1. The number of nitrogens with two attached hydrogens (primary N) is 1. The quantitative estimate of drug-likeness (QED) is 0.301. The summed E-state index contributed by atoms with van der Waals surface area (Å²) in [7, 11) is 3.05. The number of hydrogen-bond donors (Lipinski definition) is 6. The van der Waals surface area contributed by atoms with Gasteiger partial charge in [0.05, 0.1) is 11.6 Å². The SMILES string of the molecule is CN(C)[C@@H]1C(=O)C(C(N)=O)=C(O)[C@@]2(O)C(=O)C3=C(O)c4c(O)cc(CNC5CCCCC5)c(F)c4C[C@H]3C[C@@H]12. The number of hydrogen-bond acceptors (Lipinski definition) is 9. The molecule has 0 unspecified atom stereocenters. The van der Waals surface area contributed by atoms with Crippen LogP contribution in [0.5, 0.6) is 5.75 Å². The van der Waals surface area contributed by atoms with Gasteiger partial charge in [0.25, 0.3) is 5.91 Å². The lowest BCUT2D eigenvalue weighted by molar-refractivity contribution is -0.153. The maximum absolute atomic E-state index is 15.8. The zero-order valence-electron chi connectivity index (χ0n) is 22.0. The predicted molar refractivity (Wildman–Crippen MR) is 138 cm³/mol. The molecule has 0 aromatic heterocycles. The number of halogens is 1. The molecule has 4 atom stereocenters. The monoisotopic (exact) mass is 543 g/mol. The molecule has 1 aromatic carbocycles. The first-order chi connectivity index (χ1) is 18.4. The van der Waals surface area contributed by atoms with Crippen molar-refractivity contribution in [3.05, 3.63) is 45.5 Å². The highest BCUT2D eigenvalue weighted by atomic mass is 19.1. The minimum atomic E-state index is -2.72. The van der Waals surface area contributed by atoms with Crippen molar-refractivity contribution in [1.29, 1.82) is 0 Å². The summed E-state index contributed by atoms with van der Waals surface area (Å²) in [6.45, 7) is 0.187. The summed E-state index contributed by atoms with van der Waals surface area (Å²) in [6, 6.07) is 0.282. The molecule has 7 N–H and O–H groups in total. The zero-order chi connectivity index (χ0) is 28.4. The molecule has 10 nitrogen and oxygen atoms in total.